The van der Waals surface area contributed by atoms with Crippen LogP contribution in [0.15, 0.2) is 0 Å². The van der Waals surface area contributed by atoms with Gasteiger partial charge < -0.3 is 0 Å². The Morgan fingerprint density at radius 2 is 1.55 bits per heavy atom. The standard InChI is InChI=1S/C6H15N5/c1-6(7-2-3-8-6)11-9-4-5-10-11/h7-10H,2-5H2,1H3. The molecule has 2 heterocycles. The quantitative estimate of drug-likeness (QED) is 0.361. The minimum atomic E-state index is -0.115. The van der Waals surface area contributed by atoms with E-state index in [1.54, 1.807) is 0 Å². The maximum absolute atomic E-state index is 3.36. The molecule has 0 aromatic heterocycles. The number of hydrazine groups is 2. The molecule has 2 saturated heterocycles. The van der Waals surface area contributed by atoms with Gasteiger partial charge in [0.2, 0.25) is 0 Å². The Hall–Kier alpha value is -0.200. The number of nitrogens with zero attached hydrogens (tertiary/aromatic N) is 1. The van der Waals surface area contributed by atoms with Crippen LogP contribution in [-0.2, 0) is 0 Å². The Balaban J connectivity index is 2.00. The fourth-order valence-electron chi connectivity index (χ4n) is 1.54. The molecule has 0 amide bonds. The van der Waals surface area contributed by atoms with Crippen molar-refractivity contribution >= 4 is 0 Å². The molecule has 5 heteroatoms. The third-order valence-electron chi connectivity index (χ3n) is 2.18. The number of rotatable bonds is 1. The van der Waals surface area contributed by atoms with Gasteiger partial charge in [-0.15, -0.1) is 5.12 Å². The lowest BCUT2D eigenvalue weighted by Crippen LogP contribution is -2.65. The minimum absolute atomic E-state index is 0.115. The van der Waals surface area contributed by atoms with Gasteiger partial charge in [0.05, 0.1) is 0 Å². The molecular weight excluding hydrogens is 142 g/mol. The molecule has 0 saturated carbocycles. The van der Waals surface area contributed by atoms with Gasteiger partial charge in [-0.25, -0.2) is 10.9 Å². The van der Waals surface area contributed by atoms with Crippen LogP contribution in [0, 0.1) is 0 Å². The Morgan fingerprint density at radius 3 is 2.09 bits per heavy atom. The molecule has 0 aromatic carbocycles. The average molecular weight is 157 g/mol. The molecule has 0 radical (unpaired) electrons. The Kier molecular flexibility index (Phi) is 1.82. The summed E-state index contributed by atoms with van der Waals surface area (Å²) in [5.41, 5.74) is 6.47. The van der Waals surface area contributed by atoms with Gasteiger partial charge in [-0.1, -0.05) is 0 Å². The molecule has 0 aromatic rings. The van der Waals surface area contributed by atoms with E-state index in [1.807, 2.05) is 5.12 Å². The summed E-state index contributed by atoms with van der Waals surface area (Å²) in [7, 11) is 0. The molecule has 0 unspecified atom stereocenters. The van der Waals surface area contributed by atoms with E-state index in [2.05, 4.69) is 28.4 Å². The molecule has 2 aliphatic heterocycles. The molecular formula is C6H15N5. The molecule has 5 nitrogen and oxygen atoms in total. The van der Waals surface area contributed by atoms with Crippen LogP contribution >= 0.6 is 0 Å². The molecule has 2 aliphatic rings. The molecule has 0 atom stereocenters. The normalized spacial score (nSPS) is 31.4. The predicted molar refractivity (Wildman–Crippen MR) is 42.3 cm³/mol. The van der Waals surface area contributed by atoms with E-state index >= 15 is 0 Å². The lowest BCUT2D eigenvalue weighted by atomic mass is 10.4. The van der Waals surface area contributed by atoms with Gasteiger partial charge in [0.25, 0.3) is 0 Å². The first-order valence-electron chi connectivity index (χ1n) is 4.09. The maximum Gasteiger partial charge on any atom is 0.150 e. The fourth-order valence-corrected chi connectivity index (χ4v) is 1.54. The minimum Gasteiger partial charge on any atom is -0.284 e. The zero-order chi connectivity index (χ0) is 7.73. The summed E-state index contributed by atoms with van der Waals surface area (Å²) in [6.45, 7) is 6.16. The summed E-state index contributed by atoms with van der Waals surface area (Å²) >= 11 is 0. The van der Waals surface area contributed by atoms with Crippen LogP contribution in [0.5, 0.6) is 0 Å². The molecule has 11 heavy (non-hydrogen) atoms. The van der Waals surface area contributed by atoms with Gasteiger partial charge in [-0.2, -0.15) is 0 Å². The second-order valence-corrected chi connectivity index (χ2v) is 3.08. The van der Waals surface area contributed by atoms with Crippen LogP contribution in [0.2, 0.25) is 0 Å². The zero-order valence-corrected chi connectivity index (χ0v) is 6.78. The maximum atomic E-state index is 3.36. The number of hydrogen-bond acceptors (Lipinski definition) is 5. The van der Waals surface area contributed by atoms with Crippen molar-refractivity contribution in [3.8, 4) is 0 Å². The van der Waals surface area contributed by atoms with Crippen molar-refractivity contribution in [2.24, 2.45) is 0 Å². The van der Waals surface area contributed by atoms with Crippen LogP contribution < -0.4 is 21.5 Å². The summed E-state index contributed by atoms with van der Waals surface area (Å²) in [5, 5.41) is 8.73. The van der Waals surface area contributed by atoms with E-state index in [1.165, 1.54) is 0 Å². The van der Waals surface area contributed by atoms with Crippen LogP contribution in [0.4, 0.5) is 0 Å². The van der Waals surface area contributed by atoms with E-state index in [0.29, 0.717) is 0 Å². The summed E-state index contributed by atoms with van der Waals surface area (Å²) in [5.74, 6) is -0.115. The van der Waals surface area contributed by atoms with Crippen LogP contribution in [0.25, 0.3) is 0 Å². The number of hydrogen-bond donors (Lipinski definition) is 4. The molecule has 0 aliphatic carbocycles. The highest BCUT2D eigenvalue weighted by Crippen LogP contribution is 2.07. The molecule has 0 bridgehead atoms. The van der Waals surface area contributed by atoms with Crippen molar-refractivity contribution in [1.29, 1.82) is 0 Å². The Labute approximate surface area is 66.5 Å². The highest BCUT2D eigenvalue weighted by Gasteiger charge is 2.35. The first-order valence-corrected chi connectivity index (χ1v) is 4.09. The van der Waals surface area contributed by atoms with Gasteiger partial charge in [0.15, 0.2) is 0 Å². The first-order chi connectivity index (χ1) is 5.31. The van der Waals surface area contributed by atoms with Crippen molar-refractivity contribution < 1.29 is 0 Å². The monoisotopic (exact) mass is 157 g/mol. The summed E-state index contributed by atoms with van der Waals surface area (Å²) in [6.07, 6.45) is 0. The van der Waals surface area contributed by atoms with E-state index in [-0.39, 0.29) is 5.79 Å². The topological polar surface area (TPSA) is 51.4 Å². The average Bonchev–Trinajstić information content (AvgIpc) is 2.55. The third kappa shape index (κ3) is 1.25. The summed E-state index contributed by atoms with van der Waals surface area (Å²) < 4.78 is 0. The van der Waals surface area contributed by atoms with Gasteiger partial charge in [-0.05, 0) is 6.92 Å². The van der Waals surface area contributed by atoms with Crippen molar-refractivity contribution in [1.82, 2.24) is 26.6 Å². The van der Waals surface area contributed by atoms with Crippen molar-refractivity contribution in [2.75, 3.05) is 26.2 Å². The highest BCUT2D eigenvalue weighted by atomic mass is 15.8. The van der Waals surface area contributed by atoms with E-state index in [0.717, 1.165) is 26.2 Å². The smallest absolute Gasteiger partial charge is 0.150 e. The van der Waals surface area contributed by atoms with Crippen molar-refractivity contribution in [3.63, 3.8) is 0 Å². The second-order valence-electron chi connectivity index (χ2n) is 3.08. The fraction of sp³-hybridized carbons (Fsp3) is 1.00. The largest absolute Gasteiger partial charge is 0.284 e. The van der Waals surface area contributed by atoms with Gasteiger partial charge >= 0.3 is 0 Å². The lowest BCUT2D eigenvalue weighted by Gasteiger charge is -2.34. The first kappa shape index (κ1) is 7.45. The number of nitrogens with one attached hydrogen (secondary N) is 4. The summed E-state index contributed by atoms with van der Waals surface area (Å²) in [6, 6.07) is 0. The SMILES string of the molecule is CC1(N2NCCN2)NCCN1. The van der Waals surface area contributed by atoms with Gasteiger partial charge in [-0.3, -0.25) is 10.6 Å². The van der Waals surface area contributed by atoms with Crippen LogP contribution in [0.1, 0.15) is 6.92 Å². The van der Waals surface area contributed by atoms with Crippen LogP contribution in [0.3, 0.4) is 0 Å². The molecule has 2 rings (SSSR count). The molecule has 0 spiro atoms. The van der Waals surface area contributed by atoms with Crippen molar-refractivity contribution in [3.05, 3.63) is 0 Å². The van der Waals surface area contributed by atoms with E-state index < -0.39 is 0 Å². The molecule has 2 fully saturated rings. The zero-order valence-electron chi connectivity index (χ0n) is 6.78. The molecule has 4 N–H and O–H groups in total. The lowest BCUT2D eigenvalue weighted by molar-refractivity contribution is 0.00509. The van der Waals surface area contributed by atoms with Gasteiger partial charge in [0, 0.05) is 26.2 Å². The molecule has 64 valence electrons. The second kappa shape index (κ2) is 2.69. The van der Waals surface area contributed by atoms with E-state index in [4.69, 9.17) is 0 Å². The van der Waals surface area contributed by atoms with E-state index in [9.17, 15) is 0 Å². The predicted octanol–water partition coefficient (Wildman–Crippen LogP) is -1.82. The van der Waals surface area contributed by atoms with Crippen molar-refractivity contribution in [2.45, 2.75) is 12.7 Å². The third-order valence-corrected chi connectivity index (χ3v) is 2.18. The Morgan fingerprint density at radius 1 is 1.00 bits per heavy atom. The van der Waals surface area contributed by atoms with Gasteiger partial charge in [0.1, 0.15) is 5.79 Å². The van der Waals surface area contributed by atoms with Crippen LogP contribution in [-0.4, -0.2) is 37.1 Å². The highest BCUT2D eigenvalue weighted by molar-refractivity contribution is 4.85. The summed E-state index contributed by atoms with van der Waals surface area (Å²) in [4.78, 5) is 0. The Bertz CT molecular complexity index is 136.